The van der Waals surface area contributed by atoms with Gasteiger partial charge in [0.15, 0.2) is 0 Å². The van der Waals surface area contributed by atoms with Crippen molar-refractivity contribution in [2.75, 3.05) is 19.7 Å². The van der Waals surface area contributed by atoms with Gasteiger partial charge in [-0.25, -0.2) is 4.79 Å². The number of nitrogens with zero attached hydrogens (tertiary/aromatic N) is 1. The average molecular weight is 258 g/mol. The van der Waals surface area contributed by atoms with Gasteiger partial charge in [0, 0.05) is 25.2 Å². The SMILES string of the molecule is C[C@@H](CO)N[C@H]1CCCN(C(=O)OC(C)(C)C)C1. The van der Waals surface area contributed by atoms with E-state index >= 15 is 0 Å². The van der Waals surface area contributed by atoms with Gasteiger partial charge < -0.3 is 20.1 Å². The normalized spacial score (nSPS) is 22.7. The Kier molecular flexibility index (Phi) is 5.41. The summed E-state index contributed by atoms with van der Waals surface area (Å²) in [5, 5.41) is 12.3. The standard InChI is InChI=1S/C13H26N2O3/c1-10(9-16)14-11-6-5-7-15(8-11)12(17)18-13(2,3)4/h10-11,14,16H,5-9H2,1-4H3/t10-,11-/m0/s1. The Morgan fingerprint density at radius 1 is 1.56 bits per heavy atom. The molecule has 1 rings (SSSR count). The van der Waals surface area contributed by atoms with Gasteiger partial charge in [-0.15, -0.1) is 0 Å². The fourth-order valence-corrected chi connectivity index (χ4v) is 2.06. The van der Waals surface area contributed by atoms with Crippen LogP contribution in [0, 0.1) is 0 Å². The van der Waals surface area contributed by atoms with Crippen molar-refractivity contribution < 1.29 is 14.6 Å². The van der Waals surface area contributed by atoms with E-state index in [2.05, 4.69) is 5.32 Å². The third-order valence-corrected chi connectivity index (χ3v) is 2.87. The molecule has 2 N–H and O–H groups in total. The second-order valence-corrected chi connectivity index (χ2v) is 6.02. The maximum atomic E-state index is 11.9. The van der Waals surface area contributed by atoms with Crippen molar-refractivity contribution in [1.29, 1.82) is 0 Å². The van der Waals surface area contributed by atoms with Gasteiger partial charge in [0.1, 0.15) is 5.60 Å². The Morgan fingerprint density at radius 2 is 2.22 bits per heavy atom. The third kappa shape index (κ3) is 5.23. The molecule has 0 spiro atoms. The highest BCUT2D eigenvalue weighted by atomic mass is 16.6. The monoisotopic (exact) mass is 258 g/mol. The van der Waals surface area contributed by atoms with Crippen LogP contribution in [0.25, 0.3) is 0 Å². The van der Waals surface area contributed by atoms with Crippen molar-refractivity contribution >= 4 is 6.09 Å². The molecule has 0 aromatic rings. The highest BCUT2D eigenvalue weighted by Gasteiger charge is 2.27. The van der Waals surface area contributed by atoms with E-state index in [-0.39, 0.29) is 24.8 Å². The molecular weight excluding hydrogens is 232 g/mol. The Hall–Kier alpha value is -0.810. The lowest BCUT2D eigenvalue weighted by Gasteiger charge is -2.35. The lowest BCUT2D eigenvalue weighted by Crippen LogP contribution is -2.51. The van der Waals surface area contributed by atoms with Gasteiger partial charge >= 0.3 is 6.09 Å². The minimum absolute atomic E-state index is 0.0635. The molecule has 0 aromatic carbocycles. The van der Waals surface area contributed by atoms with Crippen LogP contribution in [0.4, 0.5) is 4.79 Å². The number of hydrogen-bond donors (Lipinski definition) is 2. The smallest absolute Gasteiger partial charge is 0.410 e. The van der Waals surface area contributed by atoms with Gasteiger partial charge in [0.25, 0.3) is 0 Å². The molecule has 0 aromatic heterocycles. The number of aliphatic hydroxyl groups excluding tert-OH is 1. The van der Waals surface area contributed by atoms with Crippen LogP contribution in [0.2, 0.25) is 0 Å². The van der Waals surface area contributed by atoms with Gasteiger partial charge in [-0.05, 0) is 40.5 Å². The molecule has 5 nitrogen and oxygen atoms in total. The molecule has 1 saturated heterocycles. The summed E-state index contributed by atoms with van der Waals surface area (Å²) in [4.78, 5) is 13.7. The highest BCUT2D eigenvalue weighted by Crippen LogP contribution is 2.15. The van der Waals surface area contributed by atoms with Crippen LogP contribution < -0.4 is 5.32 Å². The lowest BCUT2D eigenvalue weighted by atomic mass is 10.1. The first-order valence-corrected chi connectivity index (χ1v) is 6.66. The number of piperidine rings is 1. The molecule has 1 heterocycles. The molecule has 1 aliphatic heterocycles. The van der Waals surface area contributed by atoms with Gasteiger partial charge in [-0.3, -0.25) is 0 Å². The quantitative estimate of drug-likeness (QED) is 0.802. The average Bonchev–Trinajstić information content (AvgIpc) is 2.27. The zero-order valence-electron chi connectivity index (χ0n) is 11.9. The van der Waals surface area contributed by atoms with Crippen LogP contribution in [-0.2, 0) is 4.74 Å². The number of carbonyl (C=O) groups is 1. The van der Waals surface area contributed by atoms with E-state index in [1.807, 2.05) is 27.7 Å². The topological polar surface area (TPSA) is 61.8 Å². The van der Waals surface area contributed by atoms with E-state index in [1.165, 1.54) is 0 Å². The first-order chi connectivity index (χ1) is 8.31. The first kappa shape index (κ1) is 15.2. The summed E-state index contributed by atoms with van der Waals surface area (Å²) in [6.07, 6.45) is 1.75. The predicted octanol–water partition coefficient (Wildman–Crippen LogP) is 1.36. The summed E-state index contributed by atoms with van der Waals surface area (Å²) >= 11 is 0. The van der Waals surface area contributed by atoms with E-state index in [1.54, 1.807) is 4.90 Å². The first-order valence-electron chi connectivity index (χ1n) is 6.66. The minimum Gasteiger partial charge on any atom is -0.444 e. The highest BCUT2D eigenvalue weighted by molar-refractivity contribution is 5.68. The van der Waals surface area contributed by atoms with Crippen molar-refractivity contribution in [1.82, 2.24) is 10.2 Å². The van der Waals surface area contributed by atoms with Crippen LogP contribution in [0.1, 0.15) is 40.5 Å². The Morgan fingerprint density at radius 3 is 2.78 bits per heavy atom. The van der Waals surface area contributed by atoms with Gasteiger partial charge in [-0.2, -0.15) is 0 Å². The lowest BCUT2D eigenvalue weighted by molar-refractivity contribution is 0.0181. The Bertz CT molecular complexity index is 276. The molecule has 106 valence electrons. The largest absolute Gasteiger partial charge is 0.444 e. The van der Waals surface area contributed by atoms with E-state index < -0.39 is 5.60 Å². The summed E-state index contributed by atoms with van der Waals surface area (Å²) in [5.74, 6) is 0. The van der Waals surface area contributed by atoms with Crippen molar-refractivity contribution in [3.8, 4) is 0 Å². The van der Waals surface area contributed by atoms with Crippen LogP contribution in [0.15, 0.2) is 0 Å². The number of carbonyl (C=O) groups excluding carboxylic acids is 1. The van der Waals surface area contributed by atoms with Crippen LogP contribution in [-0.4, -0.2) is 53.5 Å². The number of ether oxygens (including phenoxy) is 1. The van der Waals surface area contributed by atoms with E-state index in [9.17, 15) is 4.79 Å². The molecule has 5 heteroatoms. The van der Waals surface area contributed by atoms with Crippen LogP contribution in [0.5, 0.6) is 0 Å². The number of aliphatic hydroxyl groups is 1. The molecule has 18 heavy (non-hydrogen) atoms. The van der Waals surface area contributed by atoms with Crippen molar-refractivity contribution in [2.24, 2.45) is 0 Å². The summed E-state index contributed by atoms with van der Waals surface area (Å²) in [6, 6.07) is 0.307. The fraction of sp³-hybridized carbons (Fsp3) is 0.923. The molecule has 1 amide bonds. The molecule has 1 fully saturated rings. The molecule has 0 unspecified atom stereocenters. The van der Waals surface area contributed by atoms with E-state index in [0.29, 0.717) is 6.54 Å². The summed E-state index contributed by atoms with van der Waals surface area (Å²) < 4.78 is 5.37. The summed E-state index contributed by atoms with van der Waals surface area (Å²) in [7, 11) is 0. The maximum Gasteiger partial charge on any atom is 0.410 e. The minimum atomic E-state index is -0.449. The van der Waals surface area contributed by atoms with E-state index in [0.717, 1.165) is 19.4 Å². The third-order valence-electron chi connectivity index (χ3n) is 2.87. The van der Waals surface area contributed by atoms with Gasteiger partial charge in [-0.1, -0.05) is 0 Å². The Labute approximate surface area is 109 Å². The second-order valence-electron chi connectivity index (χ2n) is 6.02. The number of hydrogen-bond acceptors (Lipinski definition) is 4. The van der Waals surface area contributed by atoms with Crippen molar-refractivity contribution in [2.45, 2.75) is 58.2 Å². The molecule has 1 aliphatic rings. The van der Waals surface area contributed by atoms with Gasteiger partial charge in [0.05, 0.1) is 6.61 Å². The number of rotatable bonds is 3. The van der Waals surface area contributed by atoms with Crippen molar-refractivity contribution in [3.05, 3.63) is 0 Å². The zero-order chi connectivity index (χ0) is 13.8. The molecule has 0 aliphatic carbocycles. The van der Waals surface area contributed by atoms with E-state index in [4.69, 9.17) is 9.84 Å². The molecule has 0 bridgehead atoms. The maximum absolute atomic E-state index is 11.9. The number of amides is 1. The molecule has 0 saturated carbocycles. The Balaban J connectivity index is 2.45. The van der Waals surface area contributed by atoms with Crippen LogP contribution in [0.3, 0.4) is 0 Å². The number of likely N-dealkylation sites (tertiary alicyclic amines) is 1. The predicted molar refractivity (Wildman–Crippen MR) is 70.5 cm³/mol. The van der Waals surface area contributed by atoms with Crippen LogP contribution >= 0.6 is 0 Å². The number of nitrogens with one attached hydrogen (secondary N) is 1. The second kappa shape index (κ2) is 6.38. The zero-order valence-corrected chi connectivity index (χ0v) is 11.9. The van der Waals surface area contributed by atoms with Crippen molar-refractivity contribution in [3.63, 3.8) is 0 Å². The molecular formula is C13H26N2O3. The molecule has 0 radical (unpaired) electrons. The molecule has 2 atom stereocenters. The summed E-state index contributed by atoms with van der Waals surface area (Å²) in [6.45, 7) is 9.07. The fourth-order valence-electron chi connectivity index (χ4n) is 2.06. The summed E-state index contributed by atoms with van der Waals surface area (Å²) in [5.41, 5.74) is -0.449. The van der Waals surface area contributed by atoms with Gasteiger partial charge in [0.2, 0.25) is 0 Å².